The molecule has 4 nitrogen and oxygen atoms in total. The maximum Gasteiger partial charge on any atom is 0.433 e. The molecule has 0 aliphatic rings. The number of ether oxygens (including phenoxy) is 1. The monoisotopic (exact) mass is 297 g/mol. The van der Waals surface area contributed by atoms with Crippen molar-refractivity contribution < 1.29 is 17.9 Å². The van der Waals surface area contributed by atoms with E-state index < -0.39 is 17.8 Å². The van der Waals surface area contributed by atoms with E-state index in [0.29, 0.717) is 17.9 Å². The maximum atomic E-state index is 12.7. The molecule has 0 amide bonds. The molecule has 0 aliphatic carbocycles. The number of nitrogens with zero attached hydrogens (tertiary/aromatic N) is 2. The Morgan fingerprint density at radius 1 is 1.14 bits per heavy atom. The van der Waals surface area contributed by atoms with E-state index in [1.54, 1.807) is 24.3 Å². The number of rotatable bonds is 4. The topological polar surface area (TPSA) is 61.0 Å². The summed E-state index contributed by atoms with van der Waals surface area (Å²) in [6.45, 7) is 2.56. The van der Waals surface area contributed by atoms with Crippen LogP contribution in [0.2, 0.25) is 0 Å². The van der Waals surface area contributed by atoms with E-state index in [1.807, 2.05) is 6.92 Å². The first kappa shape index (κ1) is 15.1. The number of aromatic nitrogens is 2. The summed E-state index contributed by atoms with van der Waals surface area (Å²) in [5.74, 6) is 0.241. The normalized spacial score (nSPS) is 11.4. The van der Waals surface area contributed by atoms with Crippen LogP contribution in [0.25, 0.3) is 11.3 Å². The Hall–Kier alpha value is -2.31. The van der Waals surface area contributed by atoms with Crippen molar-refractivity contribution in [2.24, 2.45) is 0 Å². The van der Waals surface area contributed by atoms with E-state index in [9.17, 15) is 13.2 Å². The van der Waals surface area contributed by atoms with Crippen molar-refractivity contribution in [2.45, 2.75) is 19.5 Å². The van der Waals surface area contributed by atoms with Crippen LogP contribution < -0.4 is 10.5 Å². The van der Waals surface area contributed by atoms with Gasteiger partial charge in [0.2, 0.25) is 5.95 Å². The molecule has 0 aliphatic heterocycles. The fourth-order valence-corrected chi connectivity index (χ4v) is 1.70. The summed E-state index contributed by atoms with van der Waals surface area (Å²) >= 11 is 0. The molecule has 7 heteroatoms. The third-order valence-electron chi connectivity index (χ3n) is 2.66. The second-order valence-electron chi connectivity index (χ2n) is 4.37. The highest BCUT2D eigenvalue weighted by molar-refractivity contribution is 5.61. The number of nitrogen functional groups attached to an aromatic ring is 1. The molecule has 0 spiro atoms. The molecule has 1 aromatic carbocycles. The van der Waals surface area contributed by atoms with Crippen LogP contribution in [-0.2, 0) is 6.18 Å². The van der Waals surface area contributed by atoms with Gasteiger partial charge < -0.3 is 10.5 Å². The van der Waals surface area contributed by atoms with Crippen molar-refractivity contribution in [1.29, 1.82) is 0 Å². The zero-order valence-corrected chi connectivity index (χ0v) is 11.3. The number of hydrogen-bond acceptors (Lipinski definition) is 4. The predicted molar refractivity (Wildman–Crippen MR) is 72.7 cm³/mol. The molecule has 0 saturated carbocycles. The Kier molecular flexibility index (Phi) is 4.30. The fourth-order valence-electron chi connectivity index (χ4n) is 1.70. The average Bonchev–Trinajstić information content (AvgIpc) is 2.44. The first-order chi connectivity index (χ1) is 9.90. The Labute approximate surface area is 119 Å². The average molecular weight is 297 g/mol. The first-order valence-electron chi connectivity index (χ1n) is 6.35. The smallest absolute Gasteiger partial charge is 0.433 e. The maximum absolute atomic E-state index is 12.7. The highest BCUT2D eigenvalue weighted by Crippen LogP contribution is 2.31. The van der Waals surface area contributed by atoms with Gasteiger partial charge in [-0.3, -0.25) is 0 Å². The second kappa shape index (κ2) is 5.99. The molecule has 0 unspecified atom stereocenters. The van der Waals surface area contributed by atoms with Gasteiger partial charge in [-0.2, -0.15) is 13.2 Å². The summed E-state index contributed by atoms with van der Waals surface area (Å²) in [5.41, 5.74) is 4.92. The molecule has 0 atom stereocenters. The number of nitrogens with two attached hydrogens (primary N) is 1. The summed E-state index contributed by atoms with van der Waals surface area (Å²) in [6.07, 6.45) is -3.69. The molecule has 2 rings (SSSR count). The van der Waals surface area contributed by atoms with Crippen molar-refractivity contribution in [1.82, 2.24) is 9.97 Å². The number of halogens is 3. The van der Waals surface area contributed by atoms with Gasteiger partial charge in [0.25, 0.3) is 0 Å². The molecule has 2 aromatic rings. The zero-order valence-electron chi connectivity index (χ0n) is 11.3. The van der Waals surface area contributed by atoms with E-state index in [4.69, 9.17) is 10.5 Å². The molecular formula is C14H14F3N3O. The number of hydrogen-bond donors (Lipinski definition) is 1. The summed E-state index contributed by atoms with van der Waals surface area (Å²) in [6, 6.07) is 7.49. The molecule has 0 fully saturated rings. The Balaban J connectivity index is 2.31. The summed E-state index contributed by atoms with van der Waals surface area (Å²) in [5, 5.41) is 0. The number of benzene rings is 1. The van der Waals surface area contributed by atoms with Crippen LogP contribution in [-0.4, -0.2) is 16.6 Å². The molecule has 0 radical (unpaired) electrons. The van der Waals surface area contributed by atoms with Crippen LogP contribution in [0.5, 0.6) is 5.75 Å². The van der Waals surface area contributed by atoms with E-state index in [1.165, 1.54) is 0 Å². The Morgan fingerprint density at radius 3 is 2.38 bits per heavy atom. The summed E-state index contributed by atoms with van der Waals surface area (Å²) in [4.78, 5) is 7.04. The lowest BCUT2D eigenvalue weighted by molar-refractivity contribution is -0.141. The molecule has 21 heavy (non-hydrogen) atoms. The number of alkyl halides is 3. The van der Waals surface area contributed by atoms with Gasteiger partial charge in [0, 0.05) is 5.56 Å². The van der Waals surface area contributed by atoms with Gasteiger partial charge in [-0.05, 0) is 36.8 Å². The molecule has 0 bridgehead atoms. The quantitative estimate of drug-likeness (QED) is 0.937. The van der Waals surface area contributed by atoms with Gasteiger partial charge in [0.05, 0.1) is 12.3 Å². The third kappa shape index (κ3) is 3.84. The molecule has 112 valence electrons. The van der Waals surface area contributed by atoms with Gasteiger partial charge in [-0.15, -0.1) is 0 Å². The minimum absolute atomic E-state index is 0.122. The highest BCUT2D eigenvalue weighted by atomic mass is 19.4. The van der Waals surface area contributed by atoms with Gasteiger partial charge in [-0.25, -0.2) is 9.97 Å². The lowest BCUT2D eigenvalue weighted by Gasteiger charge is -2.09. The van der Waals surface area contributed by atoms with Gasteiger partial charge in [0.15, 0.2) is 5.69 Å². The van der Waals surface area contributed by atoms with Crippen LogP contribution >= 0.6 is 0 Å². The van der Waals surface area contributed by atoms with Crippen LogP contribution in [0, 0.1) is 0 Å². The lowest BCUT2D eigenvalue weighted by Crippen LogP contribution is -2.11. The van der Waals surface area contributed by atoms with E-state index >= 15 is 0 Å². The lowest BCUT2D eigenvalue weighted by atomic mass is 10.1. The van der Waals surface area contributed by atoms with Crippen molar-refractivity contribution >= 4 is 5.95 Å². The minimum Gasteiger partial charge on any atom is -0.494 e. The van der Waals surface area contributed by atoms with Crippen LogP contribution in [0.1, 0.15) is 19.0 Å². The van der Waals surface area contributed by atoms with E-state index in [0.717, 1.165) is 12.5 Å². The molecule has 1 aromatic heterocycles. The molecular weight excluding hydrogens is 283 g/mol. The summed E-state index contributed by atoms with van der Waals surface area (Å²) < 4.78 is 43.5. The van der Waals surface area contributed by atoms with Gasteiger partial charge in [0.1, 0.15) is 5.75 Å². The summed E-state index contributed by atoms with van der Waals surface area (Å²) in [7, 11) is 0. The SMILES string of the molecule is CCCOc1ccc(-c2cc(C(F)(F)F)nc(N)n2)cc1. The fraction of sp³-hybridized carbons (Fsp3) is 0.286. The molecule has 2 N–H and O–H groups in total. The van der Waals surface area contributed by atoms with Gasteiger partial charge in [-0.1, -0.05) is 6.92 Å². The van der Waals surface area contributed by atoms with Crippen molar-refractivity contribution in [3.05, 3.63) is 36.0 Å². The van der Waals surface area contributed by atoms with E-state index in [2.05, 4.69) is 9.97 Å². The van der Waals surface area contributed by atoms with E-state index in [-0.39, 0.29) is 5.69 Å². The van der Waals surface area contributed by atoms with Crippen molar-refractivity contribution in [3.63, 3.8) is 0 Å². The third-order valence-corrected chi connectivity index (χ3v) is 2.66. The second-order valence-corrected chi connectivity index (χ2v) is 4.37. The van der Waals surface area contributed by atoms with Crippen molar-refractivity contribution in [2.75, 3.05) is 12.3 Å². The molecule has 1 heterocycles. The van der Waals surface area contributed by atoms with Gasteiger partial charge >= 0.3 is 6.18 Å². The Morgan fingerprint density at radius 2 is 1.81 bits per heavy atom. The van der Waals surface area contributed by atoms with Crippen LogP contribution in [0.3, 0.4) is 0 Å². The first-order valence-corrected chi connectivity index (χ1v) is 6.35. The van der Waals surface area contributed by atoms with Crippen molar-refractivity contribution in [3.8, 4) is 17.0 Å². The van der Waals surface area contributed by atoms with Crippen LogP contribution in [0.4, 0.5) is 19.1 Å². The predicted octanol–water partition coefficient (Wildman–Crippen LogP) is 3.53. The zero-order chi connectivity index (χ0) is 15.5. The Bertz CT molecular complexity index is 612. The van der Waals surface area contributed by atoms with Crippen LogP contribution in [0.15, 0.2) is 30.3 Å². The highest BCUT2D eigenvalue weighted by Gasteiger charge is 2.33. The molecule has 0 saturated heterocycles. The number of anilines is 1. The largest absolute Gasteiger partial charge is 0.494 e. The minimum atomic E-state index is -4.56. The standard InChI is InChI=1S/C14H14F3N3O/c1-2-7-21-10-5-3-9(4-6-10)11-8-12(14(15,16)17)20-13(18)19-11/h3-6,8H,2,7H2,1H3,(H2,18,19,20).